The smallest absolute Gasteiger partial charge is 0.429 e. The summed E-state index contributed by atoms with van der Waals surface area (Å²) in [5, 5.41) is 17.2. The molecule has 37 heavy (non-hydrogen) atoms. The van der Waals surface area contributed by atoms with Crippen molar-refractivity contribution in [1.29, 1.82) is 0 Å². The summed E-state index contributed by atoms with van der Waals surface area (Å²) < 4.78 is 0. The summed E-state index contributed by atoms with van der Waals surface area (Å²) in [6.45, 7) is 0. The van der Waals surface area contributed by atoms with E-state index in [4.69, 9.17) is 21.5 Å². The molecule has 0 aliphatic heterocycles. The first kappa shape index (κ1) is 25.2. The fraction of sp³-hybridized carbons (Fsp3) is 0. The van der Waals surface area contributed by atoms with E-state index < -0.39 is 11.8 Å². The maximum absolute atomic E-state index is 11.6. The Morgan fingerprint density at radius 1 is 0.514 bits per heavy atom. The van der Waals surface area contributed by atoms with Gasteiger partial charge >= 0.3 is 7.69 Å². The zero-order valence-electron chi connectivity index (χ0n) is 19.6. The average molecular weight is 489 g/mol. The second kappa shape index (κ2) is 11.3. The summed E-state index contributed by atoms with van der Waals surface area (Å²) in [6, 6.07) is 30.1. The zero-order valence-corrected chi connectivity index (χ0v) is 19.6. The number of carbonyl (C=O) groups is 2. The molecule has 6 aromatic rings. The molecule has 0 bridgehead atoms. The first-order valence-electron chi connectivity index (χ1n) is 11.2. The SMILES string of the molecule is NC(=O)c1c2ccccc2nc2ccccc12.NC(=O)c1c2ccccc2nc2ccccc12.O[B]O. The number of benzene rings is 4. The van der Waals surface area contributed by atoms with E-state index in [0.717, 1.165) is 43.6 Å². The molecule has 0 aliphatic rings. The van der Waals surface area contributed by atoms with E-state index >= 15 is 0 Å². The van der Waals surface area contributed by atoms with Gasteiger partial charge in [-0.25, -0.2) is 9.97 Å². The maximum Gasteiger partial charge on any atom is 0.482 e. The predicted octanol–water partition coefficient (Wildman–Crippen LogP) is 3.48. The van der Waals surface area contributed by atoms with Gasteiger partial charge in [0.1, 0.15) is 0 Å². The maximum atomic E-state index is 11.6. The van der Waals surface area contributed by atoms with Crippen molar-refractivity contribution in [3.63, 3.8) is 0 Å². The highest BCUT2D eigenvalue weighted by atomic mass is 16.4. The number of nitrogens with two attached hydrogens (primary N) is 2. The molecule has 1 radical (unpaired) electrons. The van der Waals surface area contributed by atoms with Crippen LogP contribution in [0.3, 0.4) is 0 Å². The second-order valence-corrected chi connectivity index (χ2v) is 7.89. The number of primary amides is 2. The molecule has 181 valence electrons. The monoisotopic (exact) mass is 489 g/mol. The van der Waals surface area contributed by atoms with E-state index in [1.807, 2.05) is 97.1 Å². The number of carbonyl (C=O) groups excluding carboxylic acids is 2. The van der Waals surface area contributed by atoms with Crippen LogP contribution >= 0.6 is 0 Å². The Morgan fingerprint density at radius 3 is 0.946 bits per heavy atom. The average Bonchev–Trinajstić information content (AvgIpc) is 2.90. The Bertz CT molecular complexity index is 1520. The molecule has 0 spiro atoms. The summed E-state index contributed by atoms with van der Waals surface area (Å²) in [5.41, 5.74) is 15.2. The summed E-state index contributed by atoms with van der Waals surface area (Å²) in [4.78, 5) is 32.3. The van der Waals surface area contributed by atoms with E-state index in [-0.39, 0.29) is 7.69 Å². The molecule has 0 atom stereocenters. The molecule has 4 aromatic carbocycles. The molecule has 0 saturated heterocycles. The molecule has 0 unspecified atom stereocenters. The summed E-state index contributed by atoms with van der Waals surface area (Å²) in [5.74, 6) is -0.834. The van der Waals surface area contributed by atoms with Crippen LogP contribution in [0.25, 0.3) is 43.6 Å². The molecule has 6 rings (SSSR count). The first-order chi connectivity index (χ1) is 18.0. The first-order valence-corrected chi connectivity index (χ1v) is 11.2. The standard InChI is InChI=1S/2C14H10N2O.BH2O2/c2*15-14(17)13-9-5-1-3-7-11(9)16-12-8-4-2-6-10(12)13;2-1-3/h2*1-8H,(H2,15,17);2-3H. The number of hydrogen-bond acceptors (Lipinski definition) is 6. The molecule has 2 aromatic heterocycles. The minimum absolute atomic E-state index is 0. The highest BCUT2D eigenvalue weighted by molar-refractivity contribution is 6.16. The highest BCUT2D eigenvalue weighted by Gasteiger charge is 2.13. The molecule has 0 fully saturated rings. The van der Waals surface area contributed by atoms with E-state index in [0.29, 0.717) is 11.1 Å². The Labute approximate surface area is 212 Å². The van der Waals surface area contributed by atoms with Crippen LogP contribution < -0.4 is 11.5 Å². The van der Waals surface area contributed by atoms with Gasteiger partial charge in [-0.2, -0.15) is 0 Å². The van der Waals surface area contributed by atoms with Crippen LogP contribution in [0.4, 0.5) is 0 Å². The van der Waals surface area contributed by atoms with Gasteiger partial charge in [-0.05, 0) is 24.3 Å². The zero-order chi connectivity index (χ0) is 26.4. The van der Waals surface area contributed by atoms with Crippen molar-refractivity contribution in [3.8, 4) is 0 Å². The fourth-order valence-electron chi connectivity index (χ4n) is 4.21. The van der Waals surface area contributed by atoms with Crippen molar-refractivity contribution in [2.75, 3.05) is 0 Å². The Morgan fingerprint density at radius 2 is 0.730 bits per heavy atom. The lowest BCUT2D eigenvalue weighted by Crippen LogP contribution is -2.12. The molecule has 6 N–H and O–H groups in total. The van der Waals surface area contributed by atoms with Gasteiger partial charge < -0.3 is 21.5 Å². The molecular formula is C28H22BN4O4. The van der Waals surface area contributed by atoms with Crippen LogP contribution in [0.5, 0.6) is 0 Å². The van der Waals surface area contributed by atoms with Gasteiger partial charge in [0.25, 0.3) is 0 Å². The van der Waals surface area contributed by atoms with Gasteiger partial charge in [0, 0.05) is 21.5 Å². The van der Waals surface area contributed by atoms with Crippen molar-refractivity contribution in [1.82, 2.24) is 9.97 Å². The number of amides is 2. The van der Waals surface area contributed by atoms with Gasteiger partial charge in [0.05, 0.1) is 33.2 Å². The number of nitrogens with zero attached hydrogens (tertiary/aromatic N) is 2. The molecule has 8 nitrogen and oxygen atoms in total. The van der Waals surface area contributed by atoms with E-state index in [2.05, 4.69) is 9.97 Å². The number of para-hydroxylation sites is 4. The van der Waals surface area contributed by atoms with Gasteiger partial charge in [-0.3, -0.25) is 9.59 Å². The normalized spacial score (nSPS) is 10.3. The second-order valence-electron chi connectivity index (χ2n) is 7.89. The third-order valence-corrected chi connectivity index (χ3v) is 5.67. The Kier molecular flexibility index (Phi) is 7.68. The number of aromatic nitrogens is 2. The van der Waals surface area contributed by atoms with Gasteiger partial charge in [-0.15, -0.1) is 0 Å². The summed E-state index contributed by atoms with van der Waals surface area (Å²) >= 11 is 0. The van der Waals surface area contributed by atoms with Gasteiger partial charge in [0.2, 0.25) is 11.8 Å². The van der Waals surface area contributed by atoms with Crippen molar-refractivity contribution in [2.45, 2.75) is 0 Å². The molecule has 2 heterocycles. The van der Waals surface area contributed by atoms with Crippen molar-refractivity contribution in [3.05, 3.63) is 108 Å². The quantitative estimate of drug-likeness (QED) is 0.216. The lowest BCUT2D eigenvalue weighted by atomic mass is 10.0. The number of hydrogen-bond donors (Lipinski definition) is 4. The van der Waals surface area contributed by atoms with Crippen molar-refractivity contribution < 1.29 is 19.6 Å². The Hall–Kier alpha value is -4.86. The third-order valence-electron chi connectivity index (χ3n) is 5.67. The minimum Gasteiger partial charge on any atom is -0.429 e. The van der Waals surface area contributed by atoms with E-state index in [1.54, 1.807) is 0 Å². The topological polar surface area (TPSA) is 152 Å². The minimum atomic E-state index is -0.417. The van der Waals surface area contributed by atoms with Crippen LogP contribution in [-0.2, 0) is 0 Å². The third kappa shape index (κ3) is 5.23. The summed E-state index contributed by atoms with van der Waals surface area (Å²) in [7, 11) is 0. The van der Waals surface area contributed by atoms with Crippen molar-refractivity contribution >= 4 is 63.1 Å². The molecule has 0 aliphatic carbocycles. The predicted molar refractivity (Wildman–Crippen MR) is 146 cm³/mol. The van der Waals surface area contributed by atoms with Crippen LogP contribution in [0.1, 0.15) is 20.7 Å². The molecule has 9 heteroatoms. The molecule has 2 amide bonds. The molecule has 0 saturated carbocycles. The van der Waals surface area contributed by atoms with E-state index in [9.17, 15) is 9.59 Å². The van der Waals surface area contributed by atoms with Gasteiger partial charge in [-0.1, -0.05) is 72.8 Å². The number of rotatable bonds is 2. The largest absolute Gasteiger partial charge is 0.482 e. The van der Waals surface area contributed by atoms with Crippen LogP contribution in [-0.4, -0.2) is 39.5 Å². The lowest BCUT2D eigenvalue weighted by molar-refractivity contribution is 0.0994. The molecular weight excluding hydrogens is 467 g/mol. The van der Waals surface area contributed by atoms with Gasteiger partial charge in [0.15, 0.2) is 0 Å². The van der Waals surface area contributed by atoms with Crippen LogP contribution in [0, 0.1) is 0 Å². The van der Waals surface area contributed by atoms with Crippen LogP contribution in [0.15, 0.2) is 97.1 Å². The van der Waals surface area contributed by atoms with Crippen LogP contribution in [0.2, 0.25) is 0 Å². The van der Waals surface area contributed by atoms with Crippen molar-refractivity contribution in [2.24, 2.45) is 11.5 Å². The number of pyridine rings is 2. The summed E-state index contributed by atoms with van der Waals surface area (Å²) in [6.07, 6.45) is 0. The van der Waals surface area contributed by atoms with E-state index in [1.165, 1.54) is 0 Å². The highest BCUT2D eigenvalue weighted by Crippen LogP contribution is 2.26. The lowest BCUT2D eigenvalue weighted by Gasteiger charge is -2.07. The Balaban J connectivity index is 0.000000157. The fourth-order valence-corrected chi connectivity index (χ4v) is 4.21. The number of fused-ring (bicyclic) bond motifs is 4.